The highest BCUT2D eigenvalue weighted by atomic mass is 79.9. The third kappa shape index (κ3) is 4.15. The number of amides is 1. The van der Waals surface area contributed by atoms with Gasteiger partial charge in [0, 0.05) is 13.1 Å². The fourth-order valence-electron chi connectivity index (χ4n) is 1.99. The van der Waals surface area contributed by atoms with E-state index in [2.05, 4.69) is 37.9 Å². The zero-order valence-corrected chi connectivity index (χ0v) is 11.8. The normalized spacial score (nSPS) is 25.8. The molecule has 1 rings (SSSR count). The summed E-state index contributed by atoms with van der Waals surface area (Å²) in [4.78, 5) is 12.2. The van der Waals surface area contributed by atoms with Crippen molar-refractivity contribution in [2.45, 2.75) is 31.7 Å². The summed E-state index contributed by atoms with van der Waals surface area (Å²) in [6.07, 6.45) is 5.35. The average Bonchev–Trinajstić information content (AvgIpc) is 2.17. The van der Waals surface area contributed by atoms with Gasteiger partial charge in [0.25, 0.3) is 0 Å². The van der Waals surface area contributed by atoms with Gasteiger partial charge in [0.15, 0.2) is 0 Å². The van der Waals surface area contributed by atoms with E-state index in [4.69, 9.17) is 5.11 Å². The maximum Gasteiger partial charge on any atom is 0.407 e. The summed E-state index contributed by atoms with van der Waals surface area (Å²) < 4.78 is 0.991. The molecule has 1 aliphatic carbocycles. The molecule has 0 atom stereocenters. The van der Waals surface area contributed by atoms with Gasteiger partial charge in [-0.15, -0.1) is 0 Å². The fraction of sp³-hybridized carbons (Fsp3) is 0.700. The first-order valence-corrected chi connectivity index (χ1v) is 6.58. The molecule has 0 radical (unpaired) electrons. The van der Waals surface area contributed by atoms with E-state index < -0.39 is 6.09 Å². The van der Waals surface area contributed by atoms with Crippen molar-refractivity contribution in [3.05, 3.63) is 9.47 Å². The number of rotatable bonds is 2. The Morgan fingerprint density at radius 1 is 1.33 bits per heavy atom. The van der Waals surface area contributed by atoms with E-state index in [1.807, 2.05) is 0 Å². The van der Waals surface area contributed by atoms with Crippen molar-refractivity contribution in [1.29, 1.82) is 0 Å². The molecule has 0 aromatic heterocycles. The third-order valence-corrected chi connectivity index (χ3v) is 3.48. The Morgan fingerprint density at radius 3 is 2.27 bits per heavy atom. The van der Waals surface area contributed by atoms with E-state index in [1.165, 1.54) is 4.90 Å². The van der Waals surface area contributed by atoms with E-state index in [0.29, 0.717) is 5.92 Å². The maximum absolute atomic E-state index is 10.8. The number of allylic oxidation sites excluding steroid dienone is 1. The molecule has 0 aliphatic heterocycles. The van der Waals surface area contributed by atoms with Gasteiger partial charge in [-0.25, -0.2) is 4.79 Å². The summed E-state index contributed by atoms with van der Waals surface area (Å²) >= 11 is 6.70. The van der Waals surface area contributed by atoms with Gasteiger partial charge in [0.2, 0.25) is 0 Å². The van der Waals surface area contributed by atoms with Crippen LogP contribution in [0.25, 0.3) is 0 Å². The second kappa shape index (κ2) is 5.89. The molecule has 0 bridgehead atoms. The summed E-state index contributed by atoms with van der Waals surface area (Å²) in [7, 11) is 1.66. The lowest BCUT2D eigenvalue weighted by Crippen LogP contribution is -2.38. The number of nitrogens with zero attached hydrogens (tertiary/aromatic N) is 1. The van der Waals surface area contributed by atoms with E-state index in [0.717, 1.165) is 29.1 Å². The van der Waals surface area contributed by atoms with Crippen molar-refractivity contribution in [3.8, 4) is 0 Å². The fourth-order valence-corrected chi connectivity index (χ4v) is 2.74. The number of carbonyl (C=O) groups is 1. The van der Waals surface area contributed by atoms with Crippen LogP contribution in [0.3, 0.4) is 0 Å². The van der Waals surface area contributed by atoms with Gasteiger partial charge in [-0.1, -0.05) is 6.08 Å². The molecule has 3 nitrogen and oxygen atoms in total. The van der Waals surface area contributed by atoms with Crippen molar-refractivity contribution >= 4 is 38.0 Å². The molecule has 0 aromatic rings. The number of halogens is 2. The zero-order valence-electron chi connectivity index (χ0n) is 8.62. The molecule has 1 fully saturated rings. The van der Waals surface area contributed by atoms with Gasteiger partial charge < -0.3 is 10.0 Å². The summed E-state index contributed by atoms with van der Waals surface area (Å²) in [5.41, 5.74) is 0. The van der Waals surface area contributed by atoms with Crippen LogP contribution in [0.5, 0.6) is 0 Å². The minimum Gasteiger partial charge on any atom is -0.465 e. The highest BCUT2D eigenvalue weighted by Gasteiger charge is 2.25. The molecular weight excluding hydrogens is 326 g/mol. The topological polar surface area (TPSA) is 40.5 Å². The first-order chi connectivity index (χ1) is 7.00. The van der Waals surface area contributed by atoms with Gasteiger partial charge in [0.1, 0.15) is 0 Å². The van der Waals surface area contributed by atoms with Crippen molar-refractivity contribution in [1.82, 2.24) is 4.90 Å². The summed E-state index contributed by atoms with van der Waals surface area (Å²) in [5, 5.41) is 8.84. The Kier molecular flexibility index (Phi) is 5.12. The third-order valence-electron chi connectivity index (χ3n) is 2.95. The van der Waals surface area contributed by atoms with Crippen LogP contribution in [-0.2, 0) is 0 Å². The second-order valence-electron chi connectivity index (χ2n) is 3.92. The monoisotopic (exact) mass is 339 g/mol. The maximum atomic E-state index is 10.8. The predicted molar refractivity (Wildman–Crippen MR) is 67.5 cm³/mol. The Labute approximate surface area is 107 Å². The molecule has 15 heavy (non-hydrogen) atoms. The zero-order chi connectivity index (χ0) is 11.4. The SMILES string of the molecule is CN(C(=O)O)C1CCC(C=C(Br)Br)CC1. The lowest BCUT2D eigenvalue weighted by molar-refractivity contribution is 0.122. The Bertz CT molecular complexity index is 256. The molecule has 1 N–H and O–H groups in total. The Morgan fingerprint density at radius 2 is 1.87 bits per heavy atom. The second-order valence-corrected chi connectivity index (χ2v) is 6.69. The predicted octanol–water partition coefficient (Wildman–Crippen LogP) is 3.79. The standard InChI is InChI=1S/C10H15Br2NO2/c1-13(10(14)15)8-4-2-7(3-5-8)6-9(11)12/h6-8H,2-5H2,1H3,(H,14,15). The largest absolute Gasteiger partial charge is 0.465 e. The van der Waals surface area contributed by atoms with E-state index >= 15 is 0 Å². The number of hydrogen-bond acceptors (Lipinski definition) is 1. The highest BCUT2D eigenvalue weighted by Crippen LogP contribution is 2.30. The number of carboxylic acid groups (broad SMARTS) is 1. The van der Waals surface area contributed by atoms with Gasteiger partial charge >= 0.3 is 6.09 Å². The van der Waals surface area contributed by atoms with Crippen molar-refractivity contribution in [2.75, 3.05) is 7.05 Å². The lowest BCUT2D eigenvalue weighted by atomic mass is 9.86. The van der Waals surface area contributed by atoms with Crippen molar-refractivity contribution in [3.63, 3.8) is 0 Å². The van der Waals surface area contributed by atoms with Crippen LogP contribution < -0.4 is 0 Å². The number of hydrogen-bond donors (Lipinski definition) is 1. The van der Waals surface area contributed by atoms with Crippen LogP contribution >= 0.6 is 31.9 Å². The molecular formula is C10H15Br2NO2. The molecule has 0 saturated heterocycles. The van der Waals surface area contributed by atoms with Crippen LogP contribution in [0.4, 0.5) is 4.79 Å². The minimum atomic E-state index is -0.823. The lowest BCUT2D eigenvalue weighted by Gasteiger charge is -2.32. The summed E-state index contributed by atoms with van der Waals surface area (Å²) in [6.45, 7) is 0. The molecule has 1 aliphatic rings. The Balaban J connectivity index is 2.42. The first-order valence-electron chi connectivity index (χ1n) is 4.99. The van der Waals surface area contributed by atoms with Crippen molar-refractivity contribution in [2.24, 2.45) is 5.92 Å². The van der Waals surface area contributed by atoms with E-state index in [9.17, 15) is 4.79 Å². The molecule has 5 heteroatoms. The average molecular weight is 341 g/mol. The highest BCUT2D eigenvalue weighted by molar-refractivity contribution is 9.28. The van der Waals surface area contributed by atoms with E-state index in [1.54, 1.807) is 7.05 Å². The van der Waals surface area contributed by atoms with Crippen LogP contribution in [0, 0.1) is 5.92 Å². The van der Waals surface area contributed by atoms with Crippen molar-refractivity contribution < 1.29 is 9.90 Å². The molecule has 0 unspecified atom stereocenters. The van der Waals surface area contributed by atoms with E-state index in [-0.39, 0.29) is 6.04 Å². The van der Waals surface area contributed by atoms with Gasteiger partial charge in [0.05, 0.1) is 3.39 Å². The summed E-state index contributed by atoms with van der Waals surface area (Å²) in [5.74, 6) is 0.567. The molecule has 1 amide bonds. The summed E-state index contributed by atoms with van der Waals surface area (Å²) in [6, 6.07) is 0.196. The molecule has 0 spiro atoms. The molecule has 0 heterocycles. The van der Waals surface area contributed by atoms with Crippen LogP contribution in [0.2, 0.25) is 0 Å². The van der Waals surface area contributed by atoms with Gasteiger partial charge in [-0.3, -0.25) is 0 Å². The van der Waals surface area contributed by atoms with Gasteiger partial charge in [-0.2, -0.15) is 0 Å². The Hall–Kier alpha value is -0.0300. The quantitative estimate of drug-likeness (QED) is 0.830. The molecule has 86 valence electrons. The van der Waals surface area contributed by atoms with Crippen LogP contribution in [0.15, 0.2) is 9.47 Å². The first kappa shape index (κ1) is 13.0. The van der Waals surface area contributed by atoms with Gasteiger partial charge in [-0.05, 0) is 63.5 Å². The smallest absolute Gasteiger partial charge is 0.407 e. The minimum absolute atomic E-state index is 0.196. The molecule has 1 saturated carbocycles. The van der Waals surface area contributed by atoms with Crippen LogP contribution in [0.1, 0.15) is 25.7 Å². The molecule has 0 aromatic carbocycles. The van der Waals surface area contributed by atoms with Crippen LogP contribution in [-0.4, -0.2) is 29.2 Å².